The summed E-state index contributed by atoms with van der Waals surface area (Å²) >= 11 is 0. The van der Waals surface area contributed by atoms with E-state index in [-0.39, 0.29) is 5.92 Å². The molecule has 1 saturated carbocycles. The molecular weight excluding hydrogens is 172 g/mol. The molecule has 1 aliphatic carbocycles. The van der Waals surface area contributed by atoms with Crippen molar-refractivity contribution in [2.75, 3.05) is 0 Å². The van der Waals surface area contributed by atoms with Crippen LogP contribution in [0.4, 0.5) is 0 Å². The van der Waals surface area contributed by atoms with E-state index in [2.05, 4.69) is 12.1 Å². The van der Waals surface area contributed by atoms with Gasteiger partial charge in [-0.1, -0.05) is 43.2 Å². The van der Waals surface area contributed by atoms with Crippen molar-refractivity contribution in [3.63, 3.8) is 0 Å². The average molecular weight is 188 g/mol. The summed E-state index contributed by atoms with van der Waals surface area (Å²) in [6, 6.07) is 10.2. The Bertz CT molecular complexity index is 285. The Morgan fingerprint density at radius 1 is 1.14 bits per heavy atom. The predicted molar refractivity (Wildman–Crippen MR) is 57.2 cm³/mol. The van der Waals surface area contributed by atoms with Crippen LogP contribution in [-0.4, -0.2) is 6.29 Å². The van der Waals surface area contributed by atoms with Crippen molar-refractivity contribution in [3.8, 4) is 0 Å². The van der Waals surface area contributed by atoms with Crippen LogP contribution in [0.2, 0.25) is 0 Å². The van der Waals surface area contributed by atoms with E-state index in [9.17, 15) is 4.79 Å². The zero-order valence-electron chi connectivity index (χ0n) is 8.36. The molecule has 1 aliphatic rings. The van der Waals surface area contributed by atoms with Gasteiger partial charge in [0.15, 0.2) is 0 Å². The van der Waals surface area contributed by atoms with Crippen LogP contribution in [0.25, 0.3) is 0 Å². The fourth-order valence-electron chi connectivity index (χ4n) is 2.45. The Kier molecular flexibility index (Phi) is 2.97. The Morgan fingerprint density at radius 2 is 1.79 bits per heavy atom. The van der Waals surface area contributed by atoms with Crippen molar-refractivity contribution >= 4 is 6.29 Å². The quantitative estimate of drug-likeness (QED) is 0.666. The lowest BCUT2D eigenvalue weighted by Gasteiger charge is -2.17. The summed E-state index contributed by atoms with van der Waals surface area (Å²) in [5.41, 5.74) is 1.19. The maximum atomic E-state index is 11.1. The molecule has 0 unspecified atom stereocenters. The highest BCUT2D eigenvalue weighted by Crippen LogP contribution is 2.35. The summed E-state index contributed by atoms with van der Waals surface area (Å²) in [4.78, 5) is 11.1. The first kappa shape index (κ1) is 9.45. The number of hydrogen-bond acceptors (Lipinski definition) is 1. The molecule has 1 atom stereocenters. The molecule has 0 radical (unpaired) electrons. The summed E-state index contributed by atoms with van der Waals surface area (Å²) in [5, 5.41) is 0. The molecule has 14 heavy (non-hydrogen) atoms. The van der Waals surface area contributed by atoms with Crippen LogP contribution in [0.1, 0.15) is 37.2 Å². The highest BCUT2D eigenvalue weighted by molar-refractivity contribution is 5.62. The maximum Gasteiger partial charge on any atom is 0.127 e. The van der Waals surface area contributed by atoms with E-state index in [1.54, 1.807) is 0 Å². The van der Waals surface area contributed by atoms with Gasteiger partial charge in [0.05, 0.1) is 0 Å². The van der Waals surface area contributed by atoms with Gasteiger partial charge in [-0.15, -0.1) is 0 Å². The number of hydrogen-bond donors (Lipinski definition) is 0. The van der Waals surface area contributed by atoms with Gasteiger partial charge < -0.3 is 4.79 Å². The van der Waals surface area contributed by atoms with Crippen LogP contribution < -0.4 is 0 Å². The molecule has 1 aromatic rings. The minimum atomic E-state index is 0.138. The fourth-order valence-corrected chi connectivity index (χ4v) is 2.45. The van der Waals surface area contributed by atoms with E-state index in [0.717, 1.165) is 6.29 Å². The highest BCUT2D eigenvalue weighted by atomic mass is 16.1. The summed E-state index contributed by atoms with van der Waals surface area (Å²) in [6.07, 6.45) is 6.16. The number of carbonyl (C=O) groups is 1. The van der Waals surface area contributed by atoms with Gasteiger partial charge in [0.25, 0.3) is 0 Å². The van der Waals surface area contributed by atoms with Crippen LogP contribution in [0, 0.1) is 5.92 Å². The van der Waals surface area contributed by atoms with E-state index in [4.69, 9.17) is 0 Å². The maximum absolute atomic E-state index is 11.1. The molecule has 1 aromatic carbocycles. The molecule has 1 fully saturated rings. The number of carbonyl (C=O) groups excluding carboxylic acids is 1. The Balaban J connectivity index is 2.16. The van der Waals surface area contributed by atoms with Crippen molar-refractivity contribution in [1.82, 2.24) is 0 Å². The van der Waals surface area contributed by atoms with Gasteiger partial charge in [-0.25, -0.2) is 0 Å². The minimum absolute atomic E-state index is 0.138. The van der Waals surface area contributed by atoms with Crippen LogP contribution in [0.5, 0.6) is 0 Å². The lowest BCUT2D eigenvalue weighted by atomic mass is 9.86. The lowest BCUT2D eigenvalue weighted by Crippen LogP contribution is -2.10. The summed E-state index contributed by atoms with van der Waals surface area (Å²) in [7, 11) is 0. The van der Waals surface area contributed by atoms with Crippen LogP contribution in [-0.2, 0) is 4.79 Å². The van der Waals surface area contributed by atoms with Crippen LogP contribution >= 0.6 is 0 Å². The molecule has 0 N–H and O–H groups in total. The number of aldehydes is 1. The SMILES string of the molecule is O=C[C@@H](c1ccccc1)C1CCCC1. The molecule has 0 bridgehead atoms. The molecule has 0 aliphatic heterocycles. The second kappa shape index (κ2) is 4.41. The fraction of sp³-hybridized carbons (Fsp3) is 0.462. The predicted octanol–water partition coefficient (Wildman–Crippen LogP) is 3.16. The molecule has 74 valence electrons. The first-order valence-electron chi connectivity index (χ1n) is 5.42. The summed E-state index contributed by atoms with van der Waals surface area (Å²) in [6.45, 7) is 0. The van der Waals surface area contributed by atoms with Crippen molar-refractivity contribution in [3.05, 3.63) is 35.9 Å². The molecule has 0 spiro atoms. The van der Waals surface area contributed by atoms with E-state index < -0.39 is 0 Å². The third kappa shape index (κ3) is 1.87. The first-order valence-corrected chi connectivity index (χ1v) is 5.42. The van der Waals surface area contributed by atoms with Gasteiger partial charge in [-0.05, 0) is 24.3 Å². The van der Waals surface area contributed by atoms with Crippen LogP contribution in [0.3, 0.4) is 0 Å². The smallest absolute Gasteiger partial charge is 0.127 e. The Hall–Kier alpha value is -1.11. The van der Waals surface area contributed by atoms with Gasteiger partial charge in [0, 0.05) is 5.92 Å². The first-order chi connectivity index (χ1) is 6.92. The van der Waals surface area contributed by atoms with Crippen molar-refractivity contribution in [2.24, 2.45) is 5.92 Å². The van der Waals surface area contributed by atoms with Gasteiger partial charge in [-0.2, -0.15) is 0 Å². The molecule has 0 aromatic heterocycles. The van der Waals surface area contributed by atoms with E-state index in [1.165, 1.54) is 31.2 Å². The molecule has 0 heterocycles. The number of rotatable bonds is 3. The molecule has 0 amide bonds. The molecule has 0 saturated heterocycles. The normalized spacial score (nSPS) is 19.4. The summed E-state index contributed by atoms with van der Waals surface area (Å²) < 4.78 is 0. The topological polar surface area (TPSA) is 17.1 Å². The monoisotopic (exact) mass is 188 g/mol. The zero-order valence-corrected chi connectivity index (χ0v) is 8.36. The molecule has 2 rings (SSSR count). The minimum Gasteiger partial charge on any atom is -0.303 e. The van der Waals surface area contributed by atoms with E-state index >= 15 is 0 Å². The van der Waals surface area contributed by atoms with Crippen LogP contribution in [0.15, 0.2) is 30.3 Å². The largest absolute Gasteiger partial charge is 0.303 e. The molecule has 1 heteroatoms. The van der Waals surface area contributed by atoms with Gasteiger partial charge >= 0.3 is 0 Å². The Labute approximate surface area is 85.1 Å². The van der Waals surface area contributed by atoms with Gasteiger partial charge in [0.1, 0.15) is 6.29 Å². The molecular formula is C13H16O. The number of benzene rings is 1. The third-order valence-electron chi connectivity index (χ3n) is 3.24. The molecule has 1 nitrogen and oxygen atoms in total. The van der Waals surface area contributed by atoms with Crippen molar-refractivity contribution < 1.29 is 4.79 Å². The van der Waals surface area contributed by atoms with Crippen molar-refractivity contribution in [1.29, 1.82) is 0 Å². The Morgan fingerprint density at radius 3 is 2.36 bits per heavy atom. The van der Waals surface area contributed by atoms with Crippen molar-refractivity contribution in [2.45, 2.75) is 31.6 Å². The lowest BCUT2D eigenvalue weighted by molar-refractivity contribution is -0.110. The third-order valence-corrected chi connectivity index (χ3v) is 3.24. The summed E-state index contributed by atoms with van der Waals surface area (Å²) in [5.74, 6) is 0.730. The standard InChI is InChI=1S/C13H16O/c14-10-13(12-8-4-5-9-12)11-6-2-1-3-7-11/h1-3,6-7,10,12-13H,4-5,8-9H2/t13-/m0/s1. The van der Waals surface area contributed by atoms with E-state index in [1.807, 2.05) is 18.2 Å². The van der Waals surface area contributed by atoms with Gasteiger partial charge in [0.2, 0.25) is 0 Å². The average Bonchev–Trinajstić information content (AvgIpc) is 2.74. The highest BCUT2D eigenvalue weighted by Gasteiger charge is 2.25. The second-order valence-corrected chi connectivity index (χ2v) is 4.12. The van der Waals surface area contributed by atoms with E-state index in [0.29, 0.717) is 5.92 Å². The zero-order chi connectivity index (χ0) is 9.80. The van der Waals surface area contributed by atoms with Gasteiger partial charge in [-0.3, -0.25) is 0 Å². The second-order valence-electron chi connectivity index (χ2n) is 4.12.